The van der Waals surface area contributed by atoms with E-state index in [4.69, 9.17) is 5.26 Å². The molecule has 2 rings (SSSR count). The van der Waals surface area contributed by atoms with Crippen molar-refractivity contribution >= 4 is 23.5 Å². The number of benzene rings is 1. The third-order valence-corrected chi connectivity index (χ3v) is 3.23. The van der Waals surface area contributed by atoms with Crippen LogP contribution in [0.5, 0.6) is 0 Å². The molecule has 1 aromatic heterocycles. The summed E-state index contributed by atoms with van der Waals surface area (Å²) in [4.78, 5) is 12.5. The molecule has 2 aromatic rings. The highest BCUT2D eigenvalue weighted by molar-refractivity contribution is 7.10. The van der Waals surface area contributed by atoms with Gasteiger partial charge >= 0.3 is 0 Å². The molecule has 94 valence electrons. The highest BCUT2D eigenvalue weighted by atomic mass is 32.1. The van der Waals surface area contributed by atoms with Gasteiger partial charge in [-0.3, -0.25) is 4.79 Å². The SMILES string of the molecule is N#Cc1ccc(/C=N/NC(=O)Cc2cccs2)cc1. The van der Waals surface area contributed by atoms with Gasteiger partial charge in [-0.15, -0.1) is 11.3 Å². The van der Waals surface area contributed by atoms with Gasteiger partial charge in [0.1, 0.15) is 0 Å². The zero-order chi connectivity index (χ0) is 13.5. The number of nitrogens with zero attached hydrogens (tertiary/aromatic N) is 2. The second-order valence-corrected chi connectivity index (χ2v) is 4.82. The lowest BCUT2D eigenvalue weighted by Gasteiger charge is -1.97. The number of thiophene rings is 1. The number of carbonyl (C=O) groups excluding carboxylic acids is 1. The lowest BCUT2D eigenvalue weighted by Crippen LogP contribution is -2.19. The van der Waals surface area contributed by atoms with E-state index in [9.17, 15) is 4.79 Å². The van der Waals surface area contributed by atoms with Gasteiger partial charge in [0.05, 0.1) is 24.3 Å². The average molecular weight is 269 g/mol. The van der Waals surface area contributed by atoms with Crippen LogP contribution in [0.25, 0.3) is 0 Å². The number of nitrogens with one attached hydrogen (secondary N) is 1. The second-order valence-electron chi connectivity index (χ2n) is 3.78. The number of carbonyl (C=O) groups is 1. The van der Waals surface area contributed by atoms with Crippen molar-refractivity contribution in [1.82, 2.24) is 5.43 Å². The Bertz CT molecular complexity index is 609. The molecule has 0 unspecified atom stereocenters. The van der Waals surface area contributed by atoms with Crippen LogP contribution in [-0.2, 0) is 11.2 Å². The molecular weight excluding hydrogens is 258 g/mol. The Morgan fingerprint density at radius 2 is 2.16 bits per heavy atom. The third-order valence-electron chi connectivity index (χ3n) is 2.36. The fourth-order valence-corrected chi connectivity index (χ4v) is 2.14. The lowest BCUT2D eigenvalue weighted by atomic mass is 10.2. The van der Waals surface area contributed by atoms with E-state index in [1.165, 1.54) is 0 Å². The lowest BCUT2D eigenvalue weighted by molar-refractivity contribution is -0.120. The molecule has 19 heavy (non-hydrogen) atoms. The maximum atomic E-state index is 11.5. The van der Waals surface area contributed by atoms with Crippen molar-refractivity contribution in [3.63, 3.8) is 0 Å². The molecule has 1 amide bonds. The van der Waals surface area contributed by atoms with E-state index in [1.807, 2.05) is 23.6 Å². The van der Waals surface area contributed by atoms with Gasteiger partial charge in [0.15, 0.2) is 0 Å². The predicted molar refractivity (Wildman–Crippen MR) is 74.9 cm³/mol. The predicted octanol–water partition coefficient (Wildman–Crippen LogP) is 2.31. The van der Waals surface area contributed by atoms with Crippen LogP contribution in [0.2, 0.25) is 0 Å². The van der Waals surface area contributed by atoms with E-state index in [1.54, 1.807) is 41.8 Å². The van der Waals surface area contributed by atoms with Gasteiger partial charge in [0, 0.05) is 4.88 Å². The monoisotopic (exact) mass is 269 g/mol. The van der Waals surface area contributed by atoms with Crippen LogP contribution in [0, 0.1) is 11.3 Å². The molecule has 0 bridgehead atoms. The summed E-state index contributed by atoms with van der Waals surface area (Å²) in [7, 11) is 0. The molecule has 4 nitrogen and oxygen atoms in total. The van der Waals surface area contributed by atoms with Gasteiger partial charge in [-0.25, -0.2) is 5.43 Å². The minimum absolute atomic E-state index is 0.146. The maximum absolute atomic E-state index is 11.5. The van der Waals surface area contributed by atoms with Crippen LogP contribution < -0.4 is 5.43 Å². The molecule has 0 saturated carbocycles. The molecule has 0 aliphatic carbocycles. The zero-order valence-electron chi connectivity index (χ0n) is 10.0. The van der Waals surface area contributed by atoms with Crippen LogP contribution in [0.1, 0.15) is 16.0 Å². The number of hydrogen-bond donors (Lipinski definition) is 1. The van der Waals surface area contributed by atoms with Crippen LogP contribution in [0.3, 0.4) is 0 Å². The first-order valence-electron chi connectivity index (χ1n) is 5.62. The van der Waals surface area contributed by atoms with Crippen LogP contribution in [-0.4, -0.2) is 12.1 Å². The van der Waals surface area contributed by atoms with Crippen molar-refractivity contribution in [2.24, 2.45) is 5.10 Å². The molecule has 0 spiro atoms. The molecule has 0 fully saturated rings. The van der Waals surface area contributed by atoms with Gasteiger partial charge in [-0.2, -0.15) is 10.4 Å². The van der Waals surface area contributed by atoms with E-state index < -0.39 is 0 Å². The van der Waals surface area contributed by atoms with Gasteiger partial charge in [0.25, 0.3) is 0 Å². The molecule has 1 aromatic carbocycles. The standard InChI is InChI=1S/C14H11N3OS/c15-9-11-3-5-12(6-4-11)10-16-17-14(18)8-13-2-1-7-19-13/h1-7,10H,8H2,(H,17,18)/b16-10+. The number of hydrazone groups is 1. The number of nitriles is 1. The summed E-state index contributed by atoms with van der Waals surface area (Å²) >= 11 is 1.54. The molecule has 0 atom stereocenters. The quantitative estimate of drug-likeness (QED) is 0.683. The normalized spacial score (nSPS) is 10.3. The summed E-state index contributed by atoms with van der Waals surface area (Å²) in [6.07, 6.45) is 1.88. The van der Waals surface area contributed by atoms with E-state index in [0.717, 1.165) is 10.4 Å². The van der Waals surface area contributed by atoms with Crippen LogP contribution >= 0.6 is 11.3 Å². The van der Waals surface area contributed by atoms with Crippen LogP contribution in [0.4, 0.5) is 0 Å². The van der Waals surface area contributed by atoms with Crippen molar-refractivity contribution < 1.29 is 4.79 Å². The first kappa shape index (κ1) is 13.0. The molecule has 5 heteroatoms. The van der Waals surface area contributed by atoms with Gasteiger partial charge in [0.2, 0.25) is 5.91 Å². The summed E-state index contributed by atoms with van der Waals surface area (Å²) in [5, 5.41) is 14.5. The fourth-order valence-electron chi connectivity index (χ4n) is 1.43. The molecule has 1 heterocycles. The van der Waals surface area contributed by atoms with E-state index in [2.05, 4.69) is 10.5 Å². The number of rotatable bonds is 4. The van der Waals surface area contributed by atoms with Crippen molar-refractivity contribution in [3.05, 3.63) is 57.8 Å². The maximum Gasteiger partial charge on any atom is 0.245 e. The molecule has 0 radical (unpaired) electrons. The Kier molecular flexibility index (Phi) is 4.43. The van der Waals surface area contributed by atoms with Gasteiger partial charge in [-0.1, -0.05) is 18.2 Å². The topological polar surface area (TPSA) is 65.2 Å². The summed E-state index contributed by atoms with van der Waals surface area (Å²) in [6, 6.07) is 12.8. The Labute approximate surface area is 115 Å². The first-order chi connectivity index (χ1) is 9.28. The average Bonchev–Trinajstić information content (AvgIpc) is 2.92. The number of hydrogen-bond acceptors (Lipinski definition) is 4. The molecular formula is C14H11N3OS. The van der Waals surface area contributed by atoms with Gasteiger partial charge < -0.3 is 0 Å². The Hall–Kier alpha value is -2.45. The molecule has 0 saturated heterocycles. The molecule has 0 aliphatic heterocycles. The Morgan fingerprint density at radius 3 is 2.79 bits per heavy atom. The van der Waals surface area contributed by atoms with E-state index in [0.29, 0.717) is 12.0 Å². The summed E-state index contributed by atoms with van der Waals surface area (Å²) in [6.45, 7) is 0. The largest absolute Gasteiger partial charge is 0.273 e. The second kappa shape index (κ2) is 6.47. The van der Waals surface area contributed by atoms with E-state index >= 15 is 0 Å². The summed E-state index contributed by atoms with van der Waals surface area (Å²) in [5.41, 5.74) is 3.90. The molecule has 1 N–H and O–H groups in total. The Morgan fingerprint density at radius 1 is 1.37 bits per heavy atom. The minimum Gasteiger partial charge on any atom is -0.273 e. The van der Waals surface area contributed by atoms with Crippen LogP contribution in [0.15, 0.2) is 46.9 Å². The zero-order valence-corrected chi connectivity index (χ0v) is 10.9. The van der Waals surface area contributed by atoms with Crippen molar-refractivity contribution in [2.75, 3.05) is 0 Å². The summed E-state index contributed by atoms with van der Waals surface area (Å²) in [5.74, 6) is -0.146. The minimum atomic E-state index is -0.146. The van der Waals surface area contributed by atoms with Crippen molar-refractivity contribution in [2.45, 2.75) is 6.42 Å². The molecule has 0 aliphatic rings. The van der Waals surface area contributed by atoms with Crippen molar-refractivity contribution in [1.29, 1.82) is 5.26 Å². The highest BCUT2D eigenvalue weighted by Gasteiger charge is 2.01. The Balaban J connectivity index is 1.85. The highest BCUT2D eigenvalue weighted by Crippen LogP contribution is 2.08. The fraction of sp³-hybridized carbons (Fsp3) is 0.0714. The smallest absolute Gasteiger partial charge is 0.245 e. The first-order valence-corrected chi connectivity index (χ1v) is 6.50. The third kappa shape index (κ3) is 4.05. The van der Waals surface area contributed by atoms with E-state index in [-0.39, 0.29) is 5.91 Å². The number of amides is 1. The van der Waals surface area contributed by atoms with Gasteiger partial charge in [-0.05, 0) is 29.1 Å². The summed E-state index contributed by atoms with van der Waals surface area (Å²) < 4.78 is 0. The van der Waals surface area contributed by atoms with Crippen molar-refractivity contribution in [3.8, 4) is 6.07 Å².